The van der Waals surface area contributed by atoms with Gasteiger partial charge in [0.15, 0.2) is 0 Å². The normalized spacial score (nSPS) is 12.3. The summed E-state index contributed by atoms with van der Waals surface area (Å²) in [5, 5.41) is 0. The number of anilines is 6. The molecule has 3 nitrogen and oxygen atoms in total. The fourth-order valence-corrected chi connectivity index (χ4v) is 11.5. The minimum absolute atomic E-state index is 0.0386. The lowest BCUT2D eigenvalue weighted by Gasteiger charge is -2.44. The molecule has 0 bridgehead atoms. The number of para-hydroxylation sites is 3. The van der Waals surface area contributed by atoms with Crippen molar-refractivity contribution in [3.8, 4) is 33.8 Å². The molecule has 0 spiro atoms. The Bertz CT molecular complexity index is 3150. The molecule has 0 aliphatic carbocycles. The van der Waals surface area contributed by atoms with Crippen LogP contribution in [0.1, 0.15) is 0 Å². The monoisotopic (exact) mass is 880 g/mol. The molecule has 0 aromatic heterocycles. The van der Waals surface area contributed by atoms with Gasteiger partial charge in [0.1, 0.15) is 11.5 Å². The van der Waals surface area contributed by atoms with E-state index in [2.05, 4.69) is 228 Å². The Kier molecular flexibility index (Phi) is 10.5. The average Bonchev–Trinajstić information content (AvgIpc) is 3.38. The molecule has 6 heteroatoms. The van der Waals surface area contributed by atoms with Crippen LogP contribution in [0.15, 0.2) is 268 Å². The van der Waals surface area contributed by atoms with E-state index < -0.39 is 0 Å². The van der Waals surface area contributed by atoms with Crippen molar-refractivity contribution in [2.75, 3.05) is 9.80 Å². The highest BCUT2D eigenvalue weighted by molar-refractivity contribution is 7.99. The van der Waals surface area contributed by atoms with Crippen LogP contribution in [0.4, 0.5) is 34.1 Å². The second-order valence-corrected chi connectivity index (χ2v) is 18.7. The summed E-state index contributed by atoms with van der Waals surface area (Å²) < 4.78 is 6.93. The largest absolute Gasteiger partial charge is 0.457 e. The van der Waals surface area contributed by atoms with E-state index in [1.807, 2.05) is 30.3 Å². The summed E-state index contributed by atoms with van der Waals surface area (Å²) in [7, 11) is 0. The lowest BCUT2D eigenvalue weighted by atomic mass is 9.33. The summed E-state index contributed by atoms with van der Waals surface area (Å²) in [5.74, 6) is 1.55. The molecule has 0 amide bonds. The number of fused-ring (bicyclic) bond motifs is 4. The number of ether oxygens (including phenoxy) is 1. The van der Waals surface area contributed by atoms with Gasteiger partial charge in [-0.05, 0) is 111 Å². The SMILES string of the molecule is c1ccc(Oc2cc3c4c(c2)N(c2ccc(-c5ccccc5)cc2Sc2ccccc2)c2ccccc2B4c2ccccc2N3c2ccc(-c3ccccc3)cc2Sc2ccccc2)cc1. The second-order valence-electron chi connectivity index (χ2n) is 16.4. The van der Waals surface area contributed by atoms with Gasteiger partial charge in [-0.2, -0.15) is 0 Å². The summed E-state index contributed by atoms with van der Waals surface area (Å²) in [6.07, 6.45) is 0. The molecule has 2 heterocycles. The number of hydrogen-bond donors (Lipinski definition) is 0. The van der Waals surface area contributed by atoms with Crippen LogP contribution < -0.4 is 30.9 Å². The quantitative estimate of drug-likeness (QED) is 0.127. The molecular formula is C60H41BN2OS2. The van der Waals surface area contributed by atoms with Crippen LogP contribution in [0.2, 0.25) is 0 Å². The minimum atomic E-state index is -0.0386. The van der Waals surface area contributed by atoms with E-state index in [-0.39, 0.29) is 6.71 Å². The zero-order chi connectivity index (χ0) is 43.8. The van der Waals surface area contributed by atoms with Crippen molar-refractivity contribution in [2.45, 2.75) is 19.6 Å². The Hall–Kier alpha value is -7.64. The van der Waals surface area contributed by atoms with Crippen molar-refractivity contribution >= 4 is 80.7 Å². The predicted octanol–water partition coefficient (Wildman–Crippen LogP) is 15.2. The van der Waals surface area contributed by atoms with E-state index in [4.69, 9.17) is 4.74 Å². The first-order valence-electron chi connectivity index (χ1n) is 22.3. The standard InChI is InChI=1S/C60H41BN2OS2/c1-6-20-42(21-7-1)44-34-36-54(58(38-44)65-48-26-12-4-13-27-48)62-52-32-18-16-30-50(52)61-51-31-17-19-33-53(51)63(57-41-47(40-56(62)60(57)61)64-46-24-10-3-11-25-46)55-37-35-45(43-22-8-2-9-23-43)39-59(55)66-49-28-14-5-15-29-49/h1-41H. The number of benzene rings is 10. The van der Waals surface area contributed by atoms with Gasteiger partial charge in [0, 0.05) is 54.5 Å². The molecule has 12 rings (SSSR count). The molecule has 0 saturated heterocycles. The molecule has 0 fully saturated rings. The van der Waals surface area contributed by atoms with Gasteiger partial charge in [-0.15, -0.1) is 0 Å². The van der Waals surface area contributed by atoms with Gasteiger partial charge in [0.05, 0.1) is 11.4 Å². The van der Waals surface area contributed by atoms with Gasteiger partial charge in [-0.3, -0.25) is 0 Å². The predicted molar refractivity (Wildman–Crippen MR) is 279 cm³/mol. The molecule has 0 N–H and O–H groups in total. The van der Waals surface area contributed by atoms with Crippen LogP contribution in [0.25, 0.3) is 22.3 Å². The second kappa shape index (κ2) is 17.4. The molecular weight excluding hydrogens is 840 g/mol. The Morgan fingerprint density at radius 1 is 0.303 bits per heavy atom. The summed E-state index contributed by atoms with van der Waals surface area (Å²) in [4.78, 5) is 9.66. The molecule has 0 atom stereocenters. The Balaban J connectivity index is 1.13. The van der Waals surface area contributed by atoms with Gasteiger partial charge in [-0.1, -0.05) is 187 Å². The van der Waals surface area contributed by atoms with Gasteiger partial charge >= 0.3 is 0 Å². The van der Waals surface area contributed by atoms with Gasteiger partial charge in [0.2, 0.25) is 0 Å². The fraction of sp³-hybridized carbons (Fsp3) is 0. The Labute approximate surface area is 395 Å². The maximum absolute atomic E-state index is 6.93. The zero-order valence-corrected chi connectivity index (χ0v) is 37.5. The first-order chi connectivity index (χ1) is 32.7. The van der Waals surface area contributed by atoms with Crippen molar-refractivity contribution in [3.05, 3.63) is 249 Å². The minimum Gasteiger partial charge on any atom is -0.457 e. The van der Waals surface area contributed by atoms with E-state index in [1.54, 1.807) is 23.5 Å². The zero-order valence-electron chi connectivity index (χ0n) is 35.9. The van der Waals surface area contributed by atoms with Crippen molar-refractivity contribution in [3.63, 3.8) is 0 Å². The summed E-state index contributed by atoms with van der Waals surface area (Å²) in [6, 6.07) is 89.3. The smallest absolute Gasteiger partial charge is 0.252 e. The lowest BCUT2D eigenvalue weighted by Crippen LogP contribution is -2.61. The molecule has 2 aliphatic heterocycles. The maximum Gasteiger partial charge on any atom is 0.252 e. The van der Waals surface area contributed by atoms with E-state index in [0.717, 1.165) is 55.4 Å². The average molecular weight is 881 g/mol. The molecule has 66 heavy (non-hydrogen) atoms. The highest BCUT2D eigenvalue weighted by atomic mass is 32.2. The highest BCUT2D eigenvalue weighted by Crippen LogP contribution is 2.51. The molecule has 312 valence electrons. The van der Waals surface area contributed by atoms with Gasteiger partial charge < -0.3 is 14.5 Å². The van der Waals surface area contributed by atoms with Gasteiger partial charge in [0.25, 0.3) is 6.71 Å². The van der Waals surface area contributed by atoms with Gasteiger partial charge in [-0.25, -0.2) is 0 Å². The van der Waals surface area contributed by atoms with Crippen LogP contribution in [-0.2, 0) is 0 Å². The lowest BCUT2D eigenvalue weighted by molar-refractivity contribution is 0.483. The number of rotatable bonds is 10. The third kappa shape index (κ3) is 7.44. The van der Waals surface area contributed by atoms with Crippen molar-refractivity contribution < 1.29 is 4.74 Å². The first kappa shape index (κ1) is 39.9. The number of nitrogens with zero attached hydrogens (tertiary/aromatic N) is 2. The summed E-state index contributed by atoms with van der Waals surface area (Å²) in [5.41, 5.74) is 15.1. The van der Waals surface area contributed by atoms with Crippen LogP contribution in [-0.4, -0.2) is 6.71 Å². The van der Waals surface area contributed by atoms with Crippen LogP contribution in [0.5, 0.6) is 11.5 Å². The van der Waals surface area contributed by atoms with Crippen LogP contribution >= 0.6 is 23.5 Å². The fourth-order valence-electron chi connectivity index (χ4n) is 9.49. The van der Waals surface area contributed by atoms with Crippen molar-refractivity contribution in [1.82, 2.24) is 0 Å². The topological polar surface area (TPSA) is 15.7 Å². The number of hydrogen-bond acceptors (Lipinski definition) is 5. The molecule has 10 aromatic rings. The maximum atomic E-state index is 6.93. The van der Waals surface area contributed by atoms with E-state index in [1.165, 1.54) is 48.4 Å². The molecule has 0 radical (unpaired) electrons. The molecule has 10 aromatic carbocycles. The third-order valence-electron chi connectivity index (χ3n) is 12.4. The van der Waals surface area contributed by atoms with Crippen LogP contribution in [0, 0.1) is 0 Å². The Morgan fingerprint density at radius 2 is 0.697 bits per heavy atom. The molecule has 0 saturated carbocycles. The summed E-state index contributed by atoms with van der Waals surface area (Å²) in [6.45, 7) is -0.0386. The van der Waals surface area contributed by atoms with E-state index in [9.17, 15) is 0 Å². The van der Waals surface area contributed by atoms with Crippen molar-refractivity contribution in [1.29, 1.82) is 0 Å². The third-order valence-corrected chi connectivity index (χ3v) is 14.5. The molecule has 2 aliphatic rings. The highest BCUT2D eigenvalue weighted by Gasteiger charge is 2.44. The Morgan fingerprint density at radius 3 is 1.15 bits per heavy atom. The summed E-state index contributed by atoms with van der Waals surface area (Å²) >= 11 is 3.60. The van der Waals surface area contributed by atoms with Crippen LogP contribution in [0.3, 0.4) is 0 Å². The first-order valence-corrected chi connectivity index (χ1v) is 23.9. The van der Waals surface area contributed by atoms with E-state index in [0.29, 0.717) is 0 Å². The van der Waals surface area contributed by atoms with E-state index >= 15 is 0 Å². The molecule has 0 unspecified atom stereocenters. The van der Waals surface area contributed by atoms with Crippen molar-refractivity contribution in [2.24, 2.45) is 0 Å².